The molecule has 0 heterocycles. The predicted octanol–water partition coefficient (Wildman–Crippen LogP) is 7.22. The van der Waals surface area contributed by atoms with Gasteiger partial charge in [0.15, 0.2) is 0 Å². The van der Waals surface area contributed by atoms with Crippen LogP contribution in [0.25, 0.3) is 6.08 Å². The second-order valence-corrected chi connectivity index (χ2v) is 11.4. The molecule has 44 heavy (non-hydrogen) atoms. The molecule has 4 rings (SSSR count). The summed E-state index contributed by atoms with van der Waals surface area (Å²) in [5.74, 6) is -1.28. The van der Waals surface area contributed by atoms with Crippen molar-refractivity contribution in [1.82, 2.24) is 5.32 Å². The highest BCUT2D eigenvalue weighted by molar-refractivity contribution is 8.00. The Bertz CT molecular complexity index is 1660. The molecular formula is C34H31ClN4O4S. The SMILES string of the molecule is CCC(Sc1cccc(NC(=O)/C(=C/c2ccc(Cl)cc2)NC(=O)c2ccccc2)c1)C(=O)Nc1ccc(NC(C)=O)cc1. The molecule has 8 nitrogen and oxygen atoms in total. The van der Waals surface area contributed by atoms with Gasteiger partial charge >= 0.3 is 0 Å². The minimum atomic E-state index is -0.515. The fraction of sp³-hybridized carbons (Fsp3) is 0.118. The van der Waals surface area contributed by atoms with Crippen LogP contribution in [0.15, 0.2) is 114 Å². The molecule has 0 aliphatic heterocycles. The summed E-state index contributed by atoms with van der Waals surface area (Å²) in [6, 6.07) is 29.5. The molecule has 0 bridgehead atoms. The molecule has 0 radical (unpaired) electrons. The van der Waals surface area contributed by atoms with Crippen molar-refractivity contribution in [2.75, 3.05) is 16.0 Å². The molecular weight excluding hydrogens is 596 g/mol. The van der Waals surface area contributed by atoms with Crippen LogP contribution in [0, 0.1) is 0 Å². The van der Waals surface area contributed by atoms with E-state index in [9.17, 15) is 19.2 Å². The van der Waals surface area contributed by atoms with Crippen molar-refractivity contribution < 1.29 is 19.2 Å². The minimum Gasteiger partial charge on any atom is -0.326 e. The number of rotatable bonds is 11. The van der Waals surface area contributed by atoms with Crippen molar-refractivity contribution in [1.29, 1.82) is 0 Å². The van der Waals surface area contributed by atoms with E-state index < -0.39 is 17.1 Å². The lowest BCUT2D eigenvalue weighted by atomic mass is 10.1. The van der Waals surface area contributed by atoms with E-state index in [4.69, 9.17) is 11.6 Å². The molecule has 4 aromatic carbocycles. The summed E-state index contributed by atoms with van der Waals surface area (Å²) in [5.41, 5.74) is 2.89. The standard InChI is InChI=1S/C34H31ClN4O4S/c1-3-31(34(43)37-27-18-16-26(17-19-27)36-22(2)40)44-29-11-7-10-28(21-29)38-33(42)30(20-23-12-14-25(35)15-13-23)39-32(41)24-8-5-4-6-9-24/h4-21,31H,3H2,1-2H3,(H,36,40)(H,37,43)(H,38,42)(H,39,41)/b30-20-. The van der Waals surface area contributed by atoms with E-state index in [1.165, 1.54) is 18.7 Å². The van der Waals surface area contributed by atoms with Crippen LogP contribution >= 0.6 is 23.4 Å². The molecule has 224 valence electrons. The fourth-order valence-corrected chi connectivity index (χ4v) is 5.20. The Kier molecular flexibility index (Phi) is 11.3. The van der Waals surface area contributed by atoms with Crippen molar-refractivity contribution in [2.24, 2.45) is 0 Å². The van der Waals surface area contributed by atoms with Crippen molar-refractivity contribution >= 4 is 70.1 Å². The van der Waals surface area contributed by atoms with Crippen LogP contribution in [-0.4, -0.2) is 28.9 Å². The van der Waals surface area contributed by atoms with Crippen LogP contribution in [0.3, 0.4) is 0 Å². The highest BCUT2D eigenvalue weighted by Gasteiger charge is 2.19. The van der Waals surface area contributed by atoms with Gasteiger partial charge in [-0.15, -0.1) is 11.8 Å². The summed E-state index contributed by atoms with van der Waals surface area (Å²) < 4.78 is 0. The third-order valence-corrected chi connectivity index (χ3v) is 7.83. The first-order valence-electron chi connectivity index (χ1n) is 13.8. The normalized spacial score (nSPS) is 11.7. The molecule has 0 fully saturated rings. The first kappa shape index (κ1) is 32.1. The van der Waals surface area contributed by atoms with E-state index in [0.717, 1.165) is 4.90 Å². The predicted molar refractivity (Wildman–Crippen MR) is 178 cm³/mol. The maximum Gasteiger partial charge on any atom is 0.272 e. The number of thioether (sulfide) groups is 1. The Morgan fingerprint density at radius 2 is 1.43 bits per heavy atom. The molecule has 4 aromatic rings. The third kappa shape index (κ3) is 9.58. The number of carbonyl (C=O) groups excluding carboxylic acids is 4. The number of hydrogen-bond acceptors (Lipinski definition) is 5. The van der Waals surface area contributed by atoms with Gasteiger partial charge in [-0.2, -0.15) is 0 Å². The van der Waals surface area contributed by atoms with Crippen LogP contribution in [0.2, 0.25) is 5.02 Å². The van der Waals surface area contributed by atoms with E-state index in [0.29, 0.717) is 39.6 Å². The molecule has 0 aliphatic rings. The van der Waals surface area contributed by atoms with Gasteiger partial charge in [-0.25, -0.2) is 0 Å². The second kappa shape index (κ2) is 15.6. The van der Waals surface area contributed by atoms with Crippen molar-refractivity contribution in [3.63, 3.8) is 0 Å². The lowest BCUT2D eigenvalue weighted by Gasteiger charge is -2.16. The van der Waals surface area contributed by atoms with Gasteiger partial charge in [-0.1, -0.05) is 54.9 Å². The van der Waals surface area contributed by atoms with E-state index in [1.54, 1.807) is 103 Å². The number of anilines is 3. The molecule has 0 spiro atoms. The Morgan fingerprint density at radius 1 is 0.773 bits per heavy atom. The summed E-state index contributed by atoms with van der Waals surface area (Å²) in [4.78, 5) is 51.4. The van der Waals surface area contributed by atoms with E-state index in [2.05, 4.69) is 21.3 Å². The zero-order chi connectivity index (χ0) is 31.5. The Balaban J connectivity index is 1.46. The fourth-order valence-electron chi connectivity index (χ4n) is 4.06. The van der Waals surface area contributed by atoms with Crippen LogP contribution < -0.4 is 21.3 Å². The average molecular weight is 627 g/mol. The van der Waals surface area contributed by atoms with Gasteiger partial charge < -0.3 is 21.3 Å². The minimum absolute atomic E-state index is 0.0505. The van der Waals surface area contributed by atoms with E-state index in [-0.39, 0.29) is 17.5 Å². The largest absolute Gasteiger partial charge is 0.326 e. The number of halogens is 1. The molecule has 4 N–H and O–H groups in total. The second-order valence-electron chi connectivity index (χ2n) is 9.67. The highest BCUT2D eigenvalue weighted by atomic mass is 35.5. The van der Waals surface area contributed by atoms with Crippen molar-refractivity contribution in [2.45, 2.75) is 30.4 Å². The molecule has 1 unspecified atom stereocenters. The first-order valence-corrected chi connectivity index (χ1v) is 15.1. The number of benzene rings is 4. The molecule has 0 saturated carbocycles. The summed E-state index contributed by atoms with van der Waals surface area (Å²) in [6.07, 6.45) is 2.14. The summed E-state index contributed by atoms with van der Waals surface area (Å²) in [7, 11) is 0. The van der Waals surface area contributed by atoms with Gasteiger partial charge in [0.05, 0.1) is 5.25 Å². The molecule has 4 amide bonds. The van der Waals surface area contributed by atoms with Gasteiger partial charge in [0.1, 0.15) is 5.70 Å². The van der Waals surface area contributed by atoms with Gasteiger partial charge in [0.25, 0.3) is 11.8 Å². The molecule has 10 heteroatoms. The average Bonchev–Trinajstić information content (AvgIpc) is 3.01. The Labute approximate surface area is 265 Å². The quantitative estimate of drug-likeness (QED) is 0.104. The van der Waals surface area contributed by atoms with E-state index in [1.807, 2.05) is 13.0 Å². The van der Waals surface area contributed by atoms with Crippen LogP contribution in [-0.2, 0) is 14.4 Å². The van der Waals surface area contributed by atoms with Crippen molar-refractivity contribution in [3.05, 3.63) is 125 Å². The molecule has 1 atom stereocenters. The summed E-state index contributed by atoms with van der Waals surface area (Å²) in [5, 5.41) is 11.3. The zero-order valence-corrected chi connectivity index (χ0v) is 25.7. The highest BCUT2D eigenvalue weighted by Crippen LogP contribution is 2.29. The van der Waals surface area contributed by atoms with Crippen LogP contribution in [0.1, 0.15) is 36.2 Å². The topological polar surface area (TPSA) is 116 Å². The Morgan fingerprint density at radius 3 is 2.07 bits per heavy atom. The number of amides is 4. The monoisotopic (exact) mass is 626 g/mol. The summed E-state index contributed by atoms with van der Waals surface area (Å²) >= 11 is 7.39. The van der Waals surface area contributed by atoms with Crippen LogP contribution in [0.5, 0.6) is 0 Å². The lowest BCUT2D eigenvalue weighted by molar-refractivity contribution is -0.116. The maximum atomic E-state index is 13.4. The molecule has 0 aliphatic carbocycles. The molecule has 0 saturated heterocycles. The zero-order valence-electron chi connectivity index (χ0n) is 24.1. The number of hydrogen-bond donors (Lipinski definition) is 4. The van der Waals surface area contributed by atoms with Gasteiger partial charge in [-0.05, 0) is 84.8 Å². The maximum absolute atomic E-state index is 13.4. The van der Waals surface area contributed by atoms with Gasteiger partial charge in [0, 0.05) is 39.5 Å². The van der Waals surface area contributed by atoms with Crippen molar-refractivity contribution in [3.8, 4) is 0 Å². The third-order valence-electron chi connectivity index (χ3n) is 6.22. The smallest absolute Gasteiger partial charge is 0.272 e. The molecule has 0 aromatic heterocycles. The first-order chi connectivity index (χ1) is 21.2. The number of nitrogens with one attached hydrogen (secondary N) is 4. The number of carbonyl (C=O) groups is 4. The van der Waals surface area contributed by atoms with Gasteiger partial charge in [-0.3, -0.25) is 19.2 Å². The van der Waals surface area contributed by atoms with Gasteiger partial charge in [0.2, 0.25) is 11.8 Å². The Hall–Kier alpha value is -4.86. The lowest BCUT2D eigenvalue weighted by Crippen LogP contribution is -2.30. The van der Waals surface area contributed by atoms with E-state index >= 15 is 0 Å². The van der Waals surface area contributed by atoms with Crippen LogP contribution in [0.4, 0.5) is 17.1 Å². The summed E-state index contributed by atoms with van der Waals surface area (Å²) in [6.45, 7) is 3.35.